The molecule has 1 aromatic rings. The Morgan fingerprint density at radius 3 is 2.33 bits per heavy atom. The monoisotopic (exact) mass is 225 g/mol. The van der Waals surface area contributed by atoms with Crippen molar-refractivity contribution in [1.29, 1.82) is 5.26 Å². The van der Waals surface area contributed by atoms with Gasteiger partial charge in [0.2, 0.25) is 5.17 Å². The van der Waals surface area contributed by atoms with E-state index in [1.54, 1.807) is 0 Å². The number of nitrogens with zero attached hydrogens (tertiary/aromatic N) is 2. The summed E-state index contributed by atoms with van der Waals surface area (Å²) in [5.41, 5.74) is 5.66. The van der Waals surface area contributed by atoms with E-state index < -0.39 is 15.3 Å². The third-order valence-electron chi connectivity index (χ3n) is 1.50. The van der Waals surface area contributed by atoms with Crippen molar-refractivity contribution in [3.05, 3.63) is 29.8 Å². The zero-order valence-corrected chi connectivity index (χ0v) is 8.27. The fraction of sp³-hybridized carbons (Fsp3) is 0. The summed E-state index contributed by atoms with van der Waals surface area (Å²) < 4.78 is 29.5. The molecular weight excluding hydrogens is 218 g/mol. The lowest BCUT2D eigenvalue weighted by molar-refractivity contribution is 0.497. The summed E-state index contributed by atoms with van der Waals surface area (Å²) in [6.07, 6.45) is 0. The summed E-state index contributed by atoms with van der Waals surface area (Å²) in [6.45, 7) is 0. The predicted octanol–water partition coefficient (Wildman–Crippen LogP) is 0.392. The second-order valence-electron chi connectivity index (χ2n) is 2.58. The Balaban J connectivity index is 3.06. The van der Waals surface area contributed by atoms with Crippen molar-refractivity contribution in [3.63, 3.8) is 0 Å². The van der Waals surface area contributed by atoms with Crippen molar-refractivity contribution in [2.24, 2.45) is 10.7 Å². The largest absolute Gasteiger partial charge is 0.372 e. The maximum atomic E-state index is 10.5. The van der Waals surface area contributed by atoms with Gasteiger partial charge in [0.1, 0.15) is 0 Å². The molecule has 6 nitrogen and oxygen atoms in total. The Labute approximate surface area is 86.4 Å². The molecule has 15 heavy (non-hydrogen) atoms. The smallest absolute Gasteiger partial charge is 0.328 e. The third kappa shape index (κ3) is 3.05. The highest BCUT2D eigenvalue weighted by Gasteiger charge is 2.10. The normalized spacial score (nSPS) is 12.1. The molecule has 0 bridgehead atoms. The van der Waals surface area contributed by atoms with Crippen LogP contribution >= 0.6 is 0 Å². The van der Waals surface area contributed by atoms with Gasteiger partial charge in [0.25, 0.3) is 0 Å². The molecule has 0 aliphatic carbocycles. The quantitative estimate of drug-likeness (QED) is 0.407. The summed E-state index contributed by atoms with van der Waals surface area (Å²) in [7, 11) is -4.45. The van der Waals surface area contributed by atoms with Crippen LogP contribution in [-0.2, 0) is 10.1 Å². The Morgan fingerprint density at radius 2 is 1.93 bits per heavy atom. The fourth-order valence-electron chi connectivity index (χ4n) is 0.795. The van der Waals surface area contributed by atoms with Gasteiger partial charge >= 0.3 is 10.1 Å². The minimum absolute atomic E-state index is 0.240. The van der Waals surface area contributed by atoms with Crippen LogP contribution in [0.15, 0.2) is 29.3 Å². The van der Waals surface area contributed by atoms with Crippen LogP contribution in [0, 0.1) is 11.3 Å². The van der Waals surface area contributed by atoms with Gasteiger partial charge in [0, 0.05) is 0 Å². The van der Waals surface area contributed by atoms with Gasteiger partial charge in [-0.15, -0.1) is 0 Å². The maximum absolute atomic E-state index is 10.5. The number of hydrogen-bond donors (Lipinski definition) is 2. The molecule has 0 aromatic heterocycles. The molecule has 0 spiro atoms. The van der Waals surface area contributed by atoms with E-state index in [0.29, 0.717) is 5.56 Å². The number of hydrogen-bond acceptors (Lipinski definition) is 4. The van der Waals surface area contributed by atoms with E-state index in [4.69, 9.17) is 15.5 Å². The van der Waals surface area contributed by atoms with Crippen molar-refractivity contribution in [1.82, 2.24) is 0 Å². The van der Waals surface area contributed by atoms with Crippen LogP contribution in [0.2, 0.25) is 0 Å². The zero-order valence-electron chi connectivity index (χ0n) is 7.45. The van der Waals surface area contributed by atoms with Crippen LogP contribution in [-0.4, -0.2) is 18.1 Å². The van der Waals surface area contributed by atoms with E-state index in [1.807, 2.05) is 6.07 Å². The van der Waals surface area contributed by atoms with E-state index in [0.717, 1.165) is 0 Å². The summed E-state index contributed by atoms with van der Waals surface area (Å²) in [5.74, 6) is 0. The molecule has 0 heterocycles. The maximum Gasteiger partial charge on any atom is 0.328 e. The van der Waals surface area contributed by atoms with Crippen LogP contribution in [0.3, 0.4) is 0 Å². The second kappa shape index (κ2) is 4.08. The summed E-state index contributed by atoms with van der Waals surface area (Å²) in [4.78, 5) is 3.45. The summed E-state index contributed by atoms with van der Waals surface area (Å²) >= 11 is 0. The van der Waals surface area contributed by atoms with Crippen molar-refractivity contribution in [2.45, 2.75) is 0 Å². The molecule has 0 fully saturated rings. The molecule has 0 aliphatic heterocycles. The van der Waals surface area contributed by atoms with E-state index in [2.05, 4.69) is 4.99 Å². The average Bonchev–Trinajstić information content (AvgIpc) is 2.17. The summed E-state index contributed by atoms with van der Waals surface area (Å²) in [6, 6.07) is 7.63. The van der Waals surface area contributed by atoms with Gasteiger partial charge < -0.3 is 5.73 Å². The Morgan fingerprint density at radius 1 is 1.40 bits per heavy atom. The molecule has 0 radical (unpaired) electrons. The van der Waals surface area contributed by atoms with Crippen LogP contribution in [0.25, 0.3) is 0 Å². The van der Waals surface area contributed by atoms with Gasteiger partial charge in [-0.2, -0.15) is 13.7 Å². The highest BCUT2D eigenvalue weighted by Crippen LogP contribution is 2.12. The molecule has 0 saturated carbocycles. The standard InChI is InChI=1S/C8H7N3O3S/c9-5-6-1-3-7(4-2-6)11-8(10)15(12,13)14/h1-4H,(H2,10,11)(H,12,13,14). The van der Waals surface area contributed by atoms with Crippen molar-refractivity contribution in [2.75, 3.05) is 0 Å². The topological polar surface area (TPSA) is 117 Å². The molecule has 78 valence electrons. The molecule has 0 saturated heterocycles. The first-order valence-corrected chi connectivity index (χ1v) is 5.19. The number of amidine groups is 1. The SMILES string of the molecule is N#Cc1ccc(N=C(N)S(=O)(=O)O)cc1. The van der Waals surface area contributed by atoms with Gasteiger partial charge in [-0.3, -0.25) is 4.55 Å². The number of aliphatic imine (C=N–C) groups is 1. The molecule has 1 rings (SSSR count). The Hall–Kier alpha value is -1.91. The van der Waals surface area contributed by atoms with Crippen molar-refractivity contribution < 1.29 is 13.0 Å². The minimum atomic E-state index is -4.45. The molecular formula is C8H7N3O3S. The highest BCUT2D eigenvalue weighted by atomic mass is 32.2. The first-order valence-electron chi connectivity index (χ1n) is 3.75. The van der Waals surface area contributed by atoms with Gasteiger partial charge in [0.15, 0.2) is 0 Å². The van der Waals surface area contributed by atoms with E-state index >= 15 is 0 Å². The van der Waals surface area contributed by atoms with Crippen LogP contribution < -0.4 is 5.73 Å². The van der Waals surface area contributed by atoms with E-state index in [-0.39, 0.29) is 5.69 Å². The first-order chi connectivity index (χ1) is 6.93. The lowest BCUT2D eigenvalue weighted by Crippen LogP contribution is -2.22. The second-order valence-corrected chi connectivity index (χ2v) is 3.95. The van der Waals surface area contributed by atoms with Crippen LogP contribution in [0.4, 0.5) is 5.69 Å². The number of benzene rings is 1. The lowest BCUT2D eigenvalue weighted by Gasteiger charge is -1.96. The Kier molecular flexibility index (Phi) is 3.04. The molecule has 0 amide bonds. The molecule has 0 unspecified atom stereocenters. The molecule has 7 heteroatoms. The van der Waals surface area contributed by atoms with Crippen LogP contribution in [0.5, 0.6) is 0 Å². The molecule has 0 aliphatic rings. The number of rotatable bonds is 1. The third-order valence-corrected chi connectivity index (χ3v) is 2.12. The van der Waals surface area contributed by atoms with Crippen LogP contribution in [0.1, 0.15) is 5.56 Å². The van der Waals surface area contributed by atoms with Gasteiger partial charge in [0.05, 0.1) is 17.3 Å². The molecule has 1 aromatic carbocycles. The fourth-order valence-corrected chi connectivity index (χ4v) is 1.02. The zero-order chi connectivity index (χ0) is 11.5. The number of nitriles is 1. The number of nitrogens with two attached hydrogens (primary N) is 1. The highest BCUT2D eigenvalue weighted by molar-refractivity contribution is 8.01. The summed E-state index contributed by atoms with van der Waals surface area (Å²) in [5, 5.41) is 7.61. The van der Waals surface area contributed by atoms with E-state index in [1.165, 1.54) is 24.3 Å². The Bertz CT molecular complexity index is 525. The lowest BCUT2D eigenvalue weighted by atomic mass is 10.2. The molecule has 3 N–H and O–H groups in total. The van der Waals surface area contributed by atoms with Gasteiger partial charge in [-0.1, -0.05) is 0 Å². The molecule has 0 atom stereocenters. The van der Waals surface area contributed by atoms with Gasteiger partial charge in [-0.05, 0) is 24.3 Å². The minimum Gasteiger partial charge on any atom is -0.372 e. The average molecular weight is 225 g/mol. The van der Waals surface area contributed by atoms with Gasteiger partial charge in [-0.25, -0.2) is 4.99 Å². The predicted molar refractivity (Wildman–Crippen MR) is 54.0 cm³/mol. The van der Waals surface area contributed by atoms with Crippen molar-refractivity contribution in [3.8, 4) is 6.07 Å². The van der Waals surface area contributed by atoms with E-state index in [9.17, 15) is 8.42 Å². The first kappa shape index (κ1) is 11.2. The van der Waals surface area contributed by atoms with Crippen molar-refractivity contribution >= 4 is 21.0 Å².